The zero-order valence-electron chi connectivity index (χ0n) is 16.5. The highest BCUT2D eigenvalue weighted by Gasteiger charge is 2.21. The van der Waals surface area contributed by atoms with Gasteiger partial charge in [-0.1, -0.05) is 82.3 Å². The minimum absolute atomic E-state index is 0.0212. The fraction of sp³-hybridized carbons (Fsp3) is 0.0870. The van der Waals surface area contributed by atoms with Crippen LogP contribution in [0.15, 0.2) is 48.5 Å². The number of phenols is 1. The van der Waals surface area contributed by atoms with Crippen LogP contribution in [0.25, 0.3) is 6.08 Å². The number of carbonyl (C=O) groups is 1. The highest BCUT2D eigenvalue weighted by molar-refractivity contribution is 6.55. The Morgan fingerprint density at radius 2 is 1.59 bits per heavy atom. The van der Waals surface area contributed by atoms with Gasteiger partial charge in [-0.25, -0.2) is 0 Å². The molecule has 0 bridgehead atoms. The lowest BCUT2D eigenvalue weighted by Crippen LogP contribution is -2.01. The fourth-order valence-electron chi connectivity index (χ4n) is 2.80. The van der Waals surface area contributed by atoms with Crippen molar-refractivity contribution in [3.8, 4) is 17.2 Å². The van der Waals surface area contributed by atoms with Crippen molar-refractivity contribution in [3.63, 3.8) is 0 Å². The smallest absolute Gasteiger partial charge is 0.185 e. The number of rotatable bonds is 7. The lowest BCUT2D eigenvalue weighted by Gasteiger charge is -2.15. The number of methoxy groups -OCH3 is 1. The van der Waals surface area contributed by atoms with Gasteiger partial charge in [0.05, 0.1) is 22.2 Å². The van der Waals surface area contributed by atoms with Crippen LogP contribution in [-0.4, -0.2) is 18.0 Å². The second-order valence-corrected chi connectivity index (χ2v) is 8.40. The molecule has 32 heavy (non-hydrogen) atoms. The van der Waals surface area contributed by atoms with Gasteiger partial charge in [0, 0.05) is 11.1 Å². The molecular weight excluding hydrogens is 518 g/mol. The zero-order chi connectivity index (χ0) is 23.4. The van der Waals surface area contributed by atoms with E-state index in [0.29, 0.717) is 16.9 Å². The molecule has 0 radical (unpaired) electrons. The van der Waals surface area contributed by atoms with Crippen LogP contribution in [0, 0.1) is 0 Å². The van der Waals surface area contributed by atoms with Crippen molar-refractivity contribution in [2.75, 3.05) is 7.11 Å². The summed E-state index contributed by atoms with van der Waals surface area (Å²) in [6.07, 6.45) is 3.05. The summed E-state index contributed by atoms with van der Waals surface area (Å²) in [5.41, 5.74) is 1.76. The highest BCUT2D eigenvalue weighted by atomic mass is 35.5. The van der Waals surface area contributed by atoms with E-state index >= 15 is 0 Å². The molecule has 0 unspecified atom stereocenters. The van der Waals surface area contributed by atoms with Gasteiger partial charge in [0.2, 0.25) is 0 Å². The van der Waals surface area contributed by atoms with E-state index in [1.54, 1.807) is 36.4 Å². The average molecular weight is 533 g/mol. The van der Waals surface area contributed by atoms with Gasteiger partial charge in [0.15, 0.2) is 11.5 Å². The van der Waals surface area contributed by atoms with Gasteiger partial charge in [0.1, 0.15) is 28.2 Å². The van der Waals surface area contributed by atoms with Crippen LogP contribution in [0.3, 0.4) is 0 Å². The maximum Gasteiger partial charge on any atom is 0.185 e. The van der Waals surface area contributed by atoms with E-state index in [9.17, 15) is 9.90 Å². The van der Waals surface area contributed by atoms with Crippen molar-refractivity contribution in [1.82, 2.24) is 0 Å². The fourth-order valence-corrected chi connectivity index (χ4v) is 4.03. The second kappa shape index (κ2) is 10.7. The van der Waals surface area contributed by atoms with Gasteiger partial charge in [-0.2, -0.15) is 0 Å². The zero-order valence-corrected chi connectivity index (χ0v) is 20.2. The molecule has 166 valence electrons. The van der Waals surface area contributed by atoms with Crippen molar-refractivity contribution >= 4 is 69.9 Å². The quantitative estimate of drug-likeness (QED) is 0.144. The number of hydrogen-bond acceptors (Lipinski definition) is 4. The van der Waals surface area contributed by atoms with Crippen LogP contribution in [-0.2, 0) is 6.61 Å². The molecule has 0 aliphatic rings. The minimum atomic E-state index is -0.251. The number of hydrogen-bond donors (Lipinski definition) is 1. The minimum Gasteiger partial charge on any atom is -0.508 e. The standard InChI is InChI=1S/C23H15Cl5O4/c1-31-17-8-6-12(5-7-16(30)13-3-2-4-15(29)10-13)9-14(17)11-32-23-21(27)19(25)18(24)20(26)22(23)28/h2-10,29H,11H2,1H3/b7-5+. The molecule has 1 N–H and O–H groups in total. The molecule has 0 spiro atoms. The van der Waals surface area contributed by atoms with Gasteiger partial charge in [-0.15, -0.1) is 0 Å². The van der Waals surface area contributed by atoms with Crippen molar-refractivity contribution < 1.29 is 19.4 Å². The lowest BCUT2D eigenvalue weighted by molar-refractivity contribution is 0.104. The molecule has 0 heterocycles. The largest absolute Gasteiger partial charge is 0.508 e. The number of allylic oxidation sites excluding steroid dienone is 1. The Balaban J connectivity index is 1.84. The Morgan fingerprint density at radius 3 is 2.22 bits per heavy atom. The summed E-state index contributed by atoms with van der Waals surface area (Å²) in [6.45, 7) is 0.0269. The topological polar surface area (TPSA) is 55.8 Å². The maximum absolute atomic E-state index is 12.3. The van der Waals surface area contributed by atoms with Gasteiger partial charge in [0.25, 0.3) is 0 Å². The summed E-state index contributed by atoms with van der Waals surface area (Å²) in [5.74, 6) is 0.418. The number of benzene rings is 3. The van der Waals surface area contributed by atoms with Crippen LogP contribution in [0.5, 0.6) is 17.2 Å². The Morgan fingerprint density at radius 1 is 0.938 bits per heavy atom. The molecule has 0 saturated carbocycles. The molecule has 3 rings (SSSR count). The molecule has 0 saturated heterocycles. The number of halogens is 5. The third kappa shape index (κ3) is 5.45. The molecule has 9 heteroatoms. The van der Waals surface area contributed by atoms with Crippen molar-refractivity contribution in [3.05, 3.63) is 90.3 Å². The summed E-state index contributed by atoms with van der Waals surface area (Å²) in [6, 6.07) is 11.4. The summed E-state index contributed by atoms with van der Waals surface area (Å²) in [4.78, 5) is 12.3. The molecule has 0 amide bonds. The number of phenolic OH excluding ortho intramolecular Hbond substituents is 1. The molecule has 4 nitrogen and oxygen atoms in total. The first-order valence-electron chi connectivity index (χ1n) is 9.05. The summed E-state index contributed by atoms with van der Waals surface area (Å²) >= 11 is 30.6. The predicted molar refractivity (Wildman–Crippen MR) is 130 cm³/mol. The molecule has 0 aromatic heterocycles. The number of ether oxygens (including phenoxy) is 2. The Kier molecular flexibility index (Phi) is 8.21. The Hall–Kier alpha value is -2.08. The molecule has 0 aliphatic heterocycles. The lowest BCUT2D eigenvalue weighted by atomic mass is 10.1. The Bertz CT molecular complexity index is 1180. The molecule has 3 aromatic rings. The van der Waals surface area contributed by atoms with Crippen molar-refractivity contribution in [2.45, 2.75) is 6.61 Å². The summed E-state index contributed by atoms with van der Waals surface area (Å²) in [5, 5.41) is 9.72. The van der Waals surface area contributed by atoms with E-state index in [1.165, 1.54) is 25.3 Å². The molecule has 3 aromatic carbocycles. The monoisotopic (exact) mass is 530 g/mol. The SMILES string of the molecule is COc1ccc(/C=C/C(=O)c2cccc(O)c2)cc1COc1c(Cl)c(Cl)c(Cl)c(Cl)c1Cl. The molecular formula is C23H15Cl5O4. The molecule has 0 aliphatic carbocycles. The van der Waals surface area contributed by atoms with Crippen LogP contribution in [0.1, 0.15) is 21.5 Å². The van der Waals surface area contributed by atoms with E-state index in [2.05, 4.69) is 0 Å². The van der Waals surface area contributed by atoms with Crippen LogP contribution in [0.2, 0.25) is 25.1 Å². The van der Waals surface area contributed by atoms with Gasteiger partial charge < -0.3 is 14.6 Å². The first-order chi connectivity index (χ1) is 15.2. The number of aromatic hydroxyl groups is 1. The second-order valence-electron chi connectivity index (χ2n) is 6.51. The van der Waals surface area contributed by atoms with E-state index in [1.807, 2.05) is 0 Å². The third-order valence-corrected chi connectivity index (χ3v) is 6.65. The van der Waals surface area contributed by atoms with Crippen LogP contribution < -0.4 is 9.47 Å². The van der Waals surface area contributed by atoms with Gasteiger partial charge >= 0.3 is 0 Å². The maximum atomic E-state index is 12.3. The van der Waals surface area contributed by atoms with Crippen molar-refractivity contribution in [1.29, 1.82) is 0 Å². The summed E-state index contributed by atoms with van der Waals surface area (Å²) < 4.78 is 11.2. The molecule has 0 fully saturated rings. The van der Waals surface area contributed by atoms with E-state index in [0.717, 1.165) is 5.56 Å². The van der Waals surface area contributed by atoms with Crippen LogP contribution >= 0.6 is 58.0 Å². The van der Waals surface area contributed by atoms with E-state index < -0.39 is 0 Å². The predicted octanol–water partition coefficient (Wildman–Crippen LogP) is 8.14. The summed E-state index contributed by atoms with van der Waals surface area (Å²) in [7, 11) is 1.52. The van der Waals surface area contributed by atoms with Gasteiger partial charge in [-0.3, -0.25) is 4.79 Å². The first-order valence-corrected chi connectivity index (χ1v) is 10.9. The van der Waals surface area contributed by atoms with Crippen molar-refractivity contribution in [2.24, 2.45) is 0 Å². The number of ketones is 1. The average Bonchev–Trinajstić information content (AvgIpc) is 2.80. The third-order valence-electron chi connectivity index (χ3n) is 4.40. The van der Waals surface area contributed by atoms with E-state index in [-0.39, 0.29) is 49.0 Å². The highest BCUT2D eigenvalue weighted by Crippen LogP contribution is 2.48. The number of carbonyl (C=O) groups excluding carboxylic acids is 1. The van der Waals surface area contributed by atoms with Crippen LogP contribution in [0.4, 0.5) is 0 Å². The first kappa shape index (κ1) is 24.6. The molecule has 0 atom stereocenters. The normalized spacial score (nSPS) is 11.1. The van der Waals surface area contributed by atoms with Gasteiger partial charge in [-0.05, 0) is 35.9 Å². The Labute approximate surface area is 209 Å². The van der Waals surface area contributed by atoms with E-state index in [4.69, 9.17) is 67.5 Å².